The maximum atomic E-state index is 5.86. The third kappa shape index (κ3) is 2.59. The highest BCUT2D eigenvalue weighted by Gasteiger charge is 2.12. The second-order valence-corrected chi connectivity index (χ2v) is 5.60. The Labute approximate surface area is 112 Å². The molecule has 1 nitrogen and oxygen atoms in total. The van der Waals surface area contributed by atoms with Crippen LogP contribution < -0.4 is 4.74 Å². The topological polar surface area (TPSA) is 9.23 Å². The third-order valence-corrected chi connectivity index (χ3v) is 4.80. The van der Waals surface area contributed by atoms with Crippen LogP contribution in [0, 0.1) is 0 Å². The fourth-order valence-corrected chi connectivity index (χ4v) is 3.11. The van der Waals surface area contributed by atoms with E-state index in [1.54, 1.807) is 18.4 Å². The summed E-state index contributed by atoms with van der Waals surface area (Å²) in [6.45, 7) is 0. The summed E-state index contributed by atoms with van der Waals surface area (Å²) in [4.78, 5) is 1.41. The average molecular weight is 318 g/mol. The van der Waals surface area contributed by atoms with Crippen molar-refractivity contribution < 1.29 is 4.74 Å². The van der Waals surface area contributed by atoms with Crippen LogP contribution in [-0.2, 0) is 0 Å². The highest BCUT2D eigenvalue weighted by atomic mass is 79.9. The van der Waals surface area contributed by atoms with Gasteiger partial charge in [-0.1, -0.05) is 39.7 Å². The van der Waals surface area contributed by atoms with Crippen molar-refractivity contribution in [3.8, 4) is 5.75 Å². The van der Waals surface area contributed by atoms with E-state index in [4.69, 9.17) is 16.3 Å². The lowest BCUT2D eigenvalue weighted by atomic mass is 10.1. The van der Waals surface area contributed by atoms with Crippen LogP contribution in [0.3, 0.4) is 0 Å². The van der Waals surface area contributed by atoms with E-state index in [0.29, 0.717) is 0 Å². The van der Waals surface area contributed by atoms with Crippen LogP contribution in [0.5, 0.6) is 5.75 Å². The van der Waals surface area contributed by atoms with E-state index in [1.165, 1.54) is 10.4 Å². The zero-order valence-corrected chi connectivity index (χ0v) is 11.8. The minimum atomic E-state index is 0.193. The molecule has 0 saturated heterocycles. The number of methoxy groups -OCH3 is 1. The number of benzene rings is 1. The summed E-state index contributed by atoms with van der Waals surface area (Å²) in [7, 11) is 1.68. The maximum Gasteiger partial charge on any atom is 0.129 e. The largest absolute Gasteiger partial charge is 0.496 e. The second-order valence-electron chi connectivity index (χ2n) is 3.30. The van der Waals surface area contributed by atoms with Gasteiger partial charge in [0.1, 0.15) is 5.75 Å². The summed E-state index contributed by atoms with van der Waals surface area (Å²) in [5.74, 6) is 0.901. The van der Waals surface area contributed by atoms with Gasteiger partial charge in [-0.25, -0.2) is 0 Å². The number of ether oxygens (including phenoxy) is 1. The standard InChI is InChI=1S/C12H10BrClOS/c1-15-10-6-11(16-7-10)12(13)8-2-4-9(14)5-3-8/h2-7,12H,1H3. The lowest BCUT2D eigenvalue weighted by Crippen LogP contribution is -1.88. The average Bonchev–Trinajstić information content (AvgIpc) is 2.77. The van der Waals surface area contributed by atoms with E-state index in [1.807, 2.05) is 35.7 Å². The summed E-state index contributed by atoms with van der Waals surface area (Å²) in [6.07, 6.45) is 0. The lowest BCUT2D eigenvalue weighted by Gasteiger charge is -2.07. The Bertz CT molecular complexity index is 466. The van der Waals surface area contributed by atoms with Crippen molar-refractivity contribution in [1.29, 1.82) is 0 Å². The molecule has 0 saturated carbocycles. The van der Waals surface area contributed by atoms with Gasteiger partial charge in [0.05, 0.1) is 11.9 Å². The van der Waals surface area contributed by atoms with E-state index in [0.717, 1.165) is 10.8 Å². The van der Waals surface area contributed by atoms with Crippen LogP contribution in [0.2, 0.25) is 5.02 Å². The molecule has 84 valence electrons. The number of hydrogen-bond donors (Lipinski definition) is 0. The van der Waals surface area contributed by atoms with Crippen LogP contribution in [0.15, 0.2) is 35.7 Å². The molecular formula is C12H10BrClOS. The van der Waals surface area contributed by atoms with Gasteiger partial charge in [0.2, 0.25) is 0 Å². The molecule has 0 spiro atoms. The van der Waals surface area contributed by atoms with Crippen molar-refractivity contribution in [1.82, 2.24) is 0 Å². The zero-order chi connectivity index (χ0) is 11.5. The molecule has 0 fully saturated rings. The maximum absolute atomic E-state index is 5.86. The minimum absolute atomic E-state index is 0.193. The van der Waals surface area contributed by atoms with Crippen LogP contribution in [-0.4, -0.2) is 7.11 Å². The first-order chi connectivity index (χ1) is 7.70. The Morgan fingerprint density at radius 2 is 2.00 bits per heavy atom. The Balaban J connectivity index is 2.24. The molecular weight excluding hydrogens is 308 g/mol. The molecule has 1 atom stereocenters. The van der Waals surface area contributed by atoms with Crippen molar-refractivity contribution in [2.24, 2.45) is 0 Å². The first-order valence-corrected chi connectivity index (χ1v) is 6.90. The smallest absolute Gasteiger partial charge is 0.129 e. The number of alkyl halides is 1. The van der Waals surface area contributed by atoms with Crippen molar-refractivity contribution in [3.63, 3.8) is 0 Å². The van der Waals surface area contributed by atoms with Gasteiger partial charge < -0.3 is 4.74 Å². The van der Waals surface area contributed by atoms with Gasteiger partial charge >= 0.3 is 0 Å². The molecule has 2 rings (SSSR count). The number of rotatable bonds is 3. The van der Waals surface area contributed by atoms with Crippen molar-refractivity contribution >= 4 is 38.9 Å². The lowest BCUT2D eigenvalue weighted by molar-refractivity contribution is 0.416. The predicted octanol–water partition coefficient (Wildman–Crippen LogP) is 4.89. The van der Waals surface area contributed by atoms with Gasteiger partial charge in [-0.15, -0.1) is 11.3 Å². The molecule has 0 aliphatic rings. The minimum Gasteiger partial charge on any atom is -0.496 e. The van der Waals surface area contributed by atoms with Crippen LogP contribution >= 0.6 is 38.9 Å². The fourth-order valence-electron chi connectivity index (χ4n) is 1.37. The molecule has 0 radical (unpaired) electrons. The number of thiophene rings is 1. The molecule has 1 unspecified atom stereocenters. The van der Waals surface area contributed by atoms with Crippen LogP contribution in [0.25, 0.3) is 0 Å². The summed E-state index contributed by atoms with van der Waals surface area (Å²) < 4.78 is 5.17. The molecule has 16 heavy (non-hydrogen) atoms. The zero-order valence-electron chi connectivity index (χ0n) is 8.61. The Hall–Kier alpha value is -0.510. The predicted molar refractivity (Wildman–Crippen MR) is 73.1 cm³/mol. The SMILES string of the molecule is COc1csc(C(Br)c2ccc(Cl)cc2)c1. The van der Waals surface area contributed by atoms with Gasteiger partial charge in [-0.05, 0) is 23.8 Å². The van der Waals surface area contributed by atoms with Crippen molar-refractivity contribution in [2.75, 3.05) is 7.11 Å². The molecule has 4 heteroatoms. The monoisotopic (exact) mass is 316 g/mol. The highest BCUT2D eigenvalue weighted by molar-refractivity contribution is 9.09. The first kappa shape index (κ1) is 12.0. The van der Waals surface area contributed by atoms with Gasteiger partial charge in [0.15, 0.2) is 0 Å². The van der Waals surface area contributed by atoms with Gasteiger partial charge in [-0.3, -0.25) is 0 Å². The van der Waals surface area contributed by atoms with Gasteiger partial charge in [-0.2, -0.15) is 0 Å². The van der Waals surface area contributed by atoms with Crippen LogP contribution in [0.4, 0.5) is 0 Å². The van der Waals surface area contributed by atoms with Crippen LogP contribution in [0.1, 0.15) is 15.3 Å². The van der Waals surface area contributed by atoms with Gasteiger partial charge in [0.25, 0.3) is 0 Å². The molecule has 0 aliphatic heterocycles. The van der Waals surface area contributed by atoms with Crippen molar-refractivity contribution in [3.05, 3.63) is 51.2 Å². The third-order valence-electron chi connectivity index (χ3n) is 2.24. The molecule has 0 bridgehead atoms. The normalized spacial score (nSPS) is 12.4. The molecule has 0 N–H and O–H groups in total. The molecule has 1 aromatic carbocycles. The van der Waals surface area contributed by atoms with Gasteiger partial charge in [0, 0.05) is 15.3 Å². The molecule has 0 amide bonds. The quantitative estimate of drug-likeness (QED) is 0.732. The fraction of sp³-hybridized carbons (Fsp3) is 0.167. The number of hydrogen-bond acceptors (Lipinski definition) is 2. The molecule has 1 heterocycles. The Kier molecular flexibility index (Phi) is 3.90. The van der Waals surface area contributed by atoms with E-state index < -0.39 is 0 Å². The van der Waals surface area contributed by atoms with E-state index in [2.05, 4.69) is 15.9 Å². The Morgan fingerprint density at radius 1 is 1.31 bits per heavy atom. The summed E-state index contributed by atoms with van der Waals surface area (Å²) in [6, 6.07) is 9.88. The summed E-state index contributed by atoms with van der Waals surface area (Å²) in [5.41, 5.74) is 1.19. The highest BCUT2D eigenvalue weighted by Crippen LogP contribution is 2.37. The summed E-state index contributed by atoms with van der Waals surface area (Å²) in [5, 5.41) is 2.76. The van der Waals surface area contributed by atoms with Crippen molar-refractivity contribution in [2.45, 2.75) is 4.83 Å². The summed E-state index contributed by atoms with van der Waals surface area (Å²) >= 11 is 11.2. The Morgan fingerprint density at radius 3 is 2.56 bits per heavy atom. The second kappa shape index (κ2) is 5.21. The van der Waals surface area contributed by atoms with E-state index in [9.17, 15) is 0 Å². The first-order valence-electron chi connectivity index (χ1n) is 4.72. The van der Waals surface area contributed by atoms with E-state index in [-0.39, 0.29) is 4.83 Å². The van der Waals surface area contributed by atoms with E-state index >= 15 is 0 Å². The molecule has 0 aliphatic carbocycles. The molecule has 2 aromatic rings. The number of halogens is 2. The molecule has 1 aromatic heterocycles.